The van der Waals surface area contributed by atoms with Gasteiger partial charge in [0.2, 0.25) is 0 Å². The van der Waals surface area contributed by atoms with E-state index in [1.54, 1.807) is 19.9 Å². The summed E-state index contributed by atoms with van der Waals surface area (Å²) >= 11 is 0. The molecular formula is C19H19N3O6. The summed E-state index contributed by atoms with van der Waals surface area (Å²) in [6.07, 6.45) is 5.14. The summed E-state index contributed by atoms with van der Waals surface area (Å²) in [7, 11) is 0. The Balaban J connectivity index is 2.67. The maximum Gasteiger partial charge on any atom is 0.338 e. The minimum Gasteiger partial charge on any atom is -0.463 e. The zero-order valence-corrected chi connectivity index (χ0v) is 15.4. The van der Waals surface area contributed by atoms with Crippen LogP contribution in [0.3, 0.4) is 0 Å². The van der Waals surface area contributed by atoms with Gasteiger partial charge in [-0.25, -0.2) is 9.59 Å². The number of rotatable bonds is 6. The van der Waals surface area contributed by atoms with Crippen molar-refractivity contribution in [1.29, 1.82) is 0 Å². The summed E-state index contributed by atoms with van der Waals surface area (Å²) in [6, 6.07) is 5.57. The minimum atomic E-state index is -1.02. The lowest BCUT2D eigenvalue weighted by atomic mass is 9.81. The Bertz CT molecular complexity index is 926. The Morgan fingerprint density at radius 1 is 1.32 bits per heavy atom. The van der Waals surface area contributed by atoms with Crippen molar-refractivity contribution in [1.82, 2.24) is 5.32 Å². The number of nitrogens with one attached hydrogen (secondary N) is 1. The van der Waals surface area contributed by atoms with Crippen LogP contribution >= 0.6 is 0 Å². The molecule has 0 aliphatic carbocycles. The molecule has 0 aromatic heterocycles. The van der Waals surface area contributed by atoms with E-state index in [-0.39, 0.29) is 35.9 Å². The molecule has 0 saturated carbocycles. The maximum atomic E-state index is 12.6. The van der Waals surface area contributed by atoms with Crippen LogP contribution < -0.4 is 11.1 Å². The Morgan fingerprint density at radius 2 is 2.00 bits per heavy atom. The summed E-state index contributed by atoms with van der Waals surface area (Å²) in [6.45, 7) is 3.00. The van der Waals surface area contributed by atoms with Crippen LogP contribution in [0.15, 0.2) is 46.9 Å². The molecule has 9 heteroatoms. The number of non-ortho nitro benzene ring substituents is 1. The molecule has 3 N–H and O–H groups in total. The second-order valence-electron chi connectivity index (χ2n) is 5.78. The van der Waals surface area contributed by atoms with E-state index >= 15 is 0 Å². The first-order chi connectivity index (χ1) is 13.3. The predicted molar refractivity (Wildman–Crippen MR) is 99.3 cm³/mol. The number of ether oxygens (including phenoxy) is 2. The van der Waals surface area contributed by atoms with Crippen LogP contribution in [0.1, 0.15) is 25.3 Å². The number of hydrogen-bond acceptors (Lipinski definition) is 8. The number of nitro benzene ring substituents is 1. The largest absolute Gasteiger partial charge is 0.463 e. The molecule has 28 heavy (non-hydrogen) atoms. The highest BCUT2D eigenvalue weighted by molar-refractivity contribution is 5.99. The van der Waals surface area contributed by atoms with Gasteiger partial charge in [-0.1, -0.05) is 18.1 Å². The van der Waals surface area contributed by atoms with Crippen LogP contribution in [0.2, 0.25) is 0 Å². The quantitative estimate of drug-likeness (QED) is 0.325. The van der Waals surface area contributed by atoms with Crippen LogP contribution in [-0.4, -0.2) is 30.1 Å². The Labute approximate surface area is 161 Å². The molecule has 9 nitrogen and oxygen atoms in total. The fraction of sp³-hybridized carbons (Fsp3) is 0.263. The molecule has 1 aliphatic rings. The molecule has 146 valence electrons. The summed E-state index contributed by atoms with van der Waals surface area (Å²) in [5.41, 5.74) is 6.47. The van der Waals surface area contributed by atoms with E-state index in [9.17, 15) is 19.7 Å². The third-order valence-electron chi connectivity index (χ3n) is 4.01. The van der Waals surface area contributed by atoms with E-state index in [2.05, 4.69) is 11.2 Å². The molecule has 1 aromatic rings. The van der Waals surface area contributed by atoms with Gasteiger partial charge in [-0.3, -0.25) is 10.1 Å². The summed E-state index contributed by atoms with van der Waals surface area (Å²) in [5.74, 6) is -0.366. The molecule has 0 amide bonds. The third kappa shape index (κ3) is 4.12. The maximum absolute atomic E-state index is 12.6. The van der Waals surface area contributed by atoms with Gasteiger partial charge in [-0.05, 0) is 19.4 Å². The number of benzene rings is 1. The zero-order chi connectivity index (χ0) is 20.8. The smallest absolute Gasteiger partial charge is 0.338 e. The lowest BCUT2D eigenvalue weighted by molar-refractivity contribution is -0.384. The Morgan fingerprint density at radius 3 is 2.61 bits per heavy atom. The van der Waals surface area contributed by atoms with Crippen molar-refractivity contribution in [2.24, 2.45) is 5.73 Å². The first kappa shape index (κ1) is 20.5. The molecule has 0 bridgehead atoms. The average molecular weight is 385 g/mol. The number of carbonyl (C=O) groups excluding carboxylic acids is 2. The van der Waals surface area contributed by atoms with E-state index in [1.165, 1.54) is 18.2 Å². The lowest BCUT2D eigenvalue weighted by Crippen LogP contribution is -2.36. The van der Waals surface area contributed by atoms with Gasteiger partial charge in [0.05, 0.1) is 28.6 Å². The standard InChI is InChI=1S/C19H19N3O6/c1-4-9-28-18(23)14-11(3)21-17(20)16(19(24)27-5-2)15(14)12-7-6-8-13(10-12)22(25)26/h1,6-8,10,15,21H,5,9,20H2,2-3H3. The molecule has 1 unspecified atom stereocenters. The highest BCUT2D eigenvalue weighted by atomic mass is 16.6. The number of nitrogens with zero attached hydrogens (tertiary/aromatic N) is 1. The van der Waals surface area contributed by atoms with Gasteiger partial charge >= 0.3 is 11.9 Å². The van der Waals surface area contributed by atoms with Crippen molar-refractivity contribution in [2.45, 2.75) is 19.8 Å². The molecule has 0 radical (unpaired) electrons. The van der Waals surface area contributed by atoms with Crippen LogP contribution in [0.5, 0.6) is 0 Å². The zero-order valence-electron chi connectivity index (χ0n) is 15.4. The van der Waals surface area contributed by atoms with Gasteiger partial charge in [-0.15, -0.1) is 6.42 Å². The highest BCUT2D eigenvalue weighted by Gasteiger charge is 2.39. The van der Waals surface area contributed by atoms with Gasteiger partial charge in [0.15, 0.2) is 6.61 Å². The molecule has 0 saturated heterocycles. The first-order valence-corrected chi connectivity index (χ1v) is 8.31. The van der Waals surface area contributed by atoms with E-state index < -0.39 is 22.8 Å². The summed E-state index contributed by atoms with van der Waals surface area (Å²) in [5, 5.41) is 13.9. The van der Waals surface area contributed by atoms with Gasteiger partial charge in [-0.2, -0.15) is 0 Å². The second kappa shape index (κ2) is 8.73. The number of hydrogen-bond donors (Lipinski definition) is 2. The van der Waals surface area contributed by atoms with Gasteiger partial charge in [0.1, 0.15) is 5.82 Å². The number of carbonyl (C=O) groups is 2. The van der Waals surface area contributed by atoms with Crippen LogP contribution in [0.4, 0.5) is 5.69 Å². The lowest BCUT2D eigenvalue weighted by Gasteiger charge is -2.29. The molecule has 1 heterocycles. The number of nitro groups is 1. The van der Waals surface area contributed by atoms with Crippen molar-refractivity contribution < 1.29 is 24.0 Å². The van der Waals surface area contributed by atoms with Gasteiger partial charge < -0.3 is 20.5 Å². The number of esters is 2. The normalized spacial score (nSPS) is 16.1. The summed E-state index contributed by atoms with van der Waals surface area (Å²) < 4.78 is 10.1. The topological polar surface area (TPSA) is 134 Å². The van der Waals surface area contributed by atoms with Crippen LogP contribution in [-0.2, 0) is 19.1 Å². The molecule has 2 rings (SSSR count). The van der Waals surface area contributed by atoms with Crippen LogP contribution in [0.25, 0.3) is 0 Å². The van der Waals surface area contributed by atoms with E-state index in [0.29, 0.717) is 11.3 Å². The van der Waals surface area contributed by atoms with Crippen molar-refractivity contribution in [2.75, 3.05) is 13.2 Å². The first-order valence-electron chi connectivity index (χ1n) is 8.31. The molecule has 1 atom stereocenters. The molecule has 0 spiro atoms. The minimum absolute atomic E-state index is 0.0130. The number of terminal acetylenes is 1. The van der Waals surface area contributed by atoms with Gasteiger partial charge in [0, 0.05) is 17.8 Å². The van der Waals surface area contributed by atoms with E-state index in [4.69, 9.17) is 21.6 Å². The fourth-order valence-corrected chi connectivity index (χ4v) is 2.90. The molecule has 0 fully saturated rings. The van der Waals surface area contributed by atoms with Crippen molar-refractivity contribution in [3.63, 3.8) is 0 Å². The van der Waals surface area contributed by atoms with Crippen molar-refractivity contribution in [3.8, 4) is 12.3 Å². The molecule has 1 aromatic carbocycles. The number of nitrogens with two attached hydrogens (primary N) is 1. The van der Waals surface area contributed by atoms with E-state index in [0.717, 1.165) is 0 Å². The van der Waals surface area contributed by atoms with Gasteiger partial charge in [0.25, 0.3) is 5.69 Å². The average Bonchev–Trinajstić information content (AvgIpc) is 2.65. The number of allylic oxidation sites excluding steroid dienone is 1. The van der Waals surface area contributed by atoms with Crippen molar-refractivity contribution in [3.05, 3.63) is 62.6 Å². The van der Waals surface area contributed by atoms with Crippen LogP contribution in [0, 0.1) is 22.5 Å². The Kier molecular flexibility index (Phi) is 6.39. The van der Waals surface area contributed by atoms with Crippen molar-refractivity contribution >= 4 is 17.6 Å². The predicted octanol–water partition coefficient (Wildman–Crippen LogP) is 1.47. The third-order valence-corrected chi connectivity index (χ3v) is 4.01. The fourth-order valence-electron chi connectivity index (χ4n) is 2.90. The summed E-state index contributed by atoms with van der Waals surface area (Å²) in [4.78, 5) is 35.8. The molecular weight excluding hydrogens is 366 g/mol. The second-order valence-corrected chi connectivity index (χ2v) is 5.78. The van der Waals surface area contributed by atoms with E-state index in [1.807, 2.05) is 0 Å². The molecule has 1 aliphatic heterocycles. The SMILES string of the molecule is C#CCOC(=O)C1=C(C)NC(N)=C(C(=O)OCC)C1c1cccc([N+](=O)[O-])c1. The monoisotopic (exact) mass is 385 g/mol. The Hall–Kier alpha value is -3.80. The highest BCUT2D eigenvalue weighted by Crippen LogP contribution is 2.39. The number of dihydropyridines is 1.